The summed E-state index contributed by atoms with van der Waals surface area (Å²) in [6.45, 7) is 9.26. The van der Waals surface area contributed by atoms with Crippen molar-refractivity contribution in [3.05, 3.63) is 47.5 Å². The van der Waals surface area contributed by atoms with Gasteiger partial charge in [-0.3, -0.25) is 0 Å². The molecule has 3 aromatic rings. The lowest BCUT2D eigenvalue weighted by Crippen LogP contribution is -2.28. The lowest BCUT2D eigenvalue weighted by Gasteiger charge is -2.29. The van der Waals surface area contributed by atoms with E-state index in [0.717, 1.165) is 71.6 Å². The average molecular weight is 522 g/mol. The van der Waals surface area contributed by atoms with E-state index in [4.69, 9.17) is 19.4 Å². The van der Waals surface area contributed by atoms with Gasteiger partial charge in [0.1, 0.15) is 17.3 Å². The number of rotatable bonds is 12. The minimum Gasteiger partial charge on any atom is -0.493 e. The normalized spacial score (nSPS) is 17.1. The van der Waals surface area contributed by atoms with Crippen LogP contribution in [-0.4, -0.2) is 49.9 Å². The Hall–Kier alpha value is -3.06. The molecule has 7 heteroatoms. The number of aromatic nitrogens is 2. The highest BCUT2D eigenvalue weighted by molar-refractivity contribution is 5.90. The molecule has 38 heavy (non-hydrogen) atoms. The summed E-state index contributed by atoms with van der Waals surface area (Å²) in [6, 6.07) is 12.8. The van der Waals surface area contributed by atoms with Crippen LogP contribution >= 0.6 is 0 Å². The topological polar surface area (TPSA) is 71.5 Å². The number of fused-ring (bicyclic) bond motifs is 1. The fraction of sp³-hybridized carbons (Fsp3) is 0.548. The Labute approximate surface area is 229 Å². The molecule has 0 radical (unpaired) electrons. The first kappa shape index (κ1) is 29.5. The standard InChI is InChI=1S/C30H43N5O2.CH4/c1-6-36-27-17-14-23(28(21(27)3)37-7-2)20-31-19-18-22-12-15-24(16-13-22)32-30-33-26-11-9-8-10-25(26)29(34-30)35(4)5;/h8-11,14,17,22,24,31H,6-7,12-13,15-16,18-20H2,1-5H3,(H,32,33,34);1H4. The highest BCUT2D eigenvalue weighted by Crippen LogP contribution is 2.32. The number of benzene rings is 2. The molecule has 1 aromatic heterocycles. The number of nitrogens with one attached hydrogen (secondary N) is 2. The minimum absolute atomic E-state index is 0. The van der Waals surface area contributed by atoms with Gasteiger partial charge in [0.05, 0.1) is 18.7 Å². The highest BCUT2D eigenvalue weighted by Gasteiger charge is 2.22. The molecule has 0 amide bonds. The molecule has 208 valence electrons. The van der Waals surface area contributed by atoms with Crippen LogP contribution in [0.4, 0.5) is 11.8 Å². The largest absolute Gasteiger partial charge is 0.493 e. The highest BCUT2D eigenvalue weighted by atomic mass is 16.5. The molecule has 1 heterocycles. The zero-order valence-electron chi connectivity index (χ0n) is 23.1. The lowest BCUT2D eigenvalue weighted by molar-refractivity contribution is 0.311. The molecule has 1 saturated carbocycles. The van der Waals surface area contributed by atoms with Crippen molar-refractivity contribution in [3.8, 4) is 11.5 Å². The smallest absolute Gasteiger partial charge is 0.225 e. The maximum atomic E-state index is 5.97. The van der Waals surface area contributed by atoms with Crippen molar-refractivity contribution < 1.29 is 9.47 Å². The zero-order valence-corrected chi connectivity index (χ0v) is 23.1. The van der Waals surface area contributed by atoms with Crippen molar-refractivity contribution >= 4 is 22.7 Å². The van der Waals surface area contributed by atoms with Gasteiger partial charge in [0, 0.05) is 43.2 Å². The van der Waals surface area contributed by atoms with E-state index >= 15 is 0 Å². The van der Waals surface area contributed by atoms with Crippen LogP contribution in [0.25, 0.3) is 10.9 Å². The Morgan fingerprint density at radius 1 is 0.947 bits per heavy atom. The average Bonchev–Trinajstić information content (AvgIpc) is 2.90. The van der Waals surface area contributed by atoms with Crippen LogP contribution in [-0.2, 0) is 6.54 Å². The molecular weight excluding hydrogens is 474 g/mol. The molecule has 7 nitrogen and oxygen atoms in total. The third kappa shape index (κ3) is 7.28. The van der Waals surface area contributed by atoms with Crippen molar-refractivity contribution in [3.63, 3.8) is 0 Å². The second kappa shape index (κ2) is 14.2. The Morgan fingerprint density at radius 3 is 2.39 bits per heavy atom. The van der Waals surface area contributed by atoms with Crippen LogP contribution in [0.3, 0.4) is 0 Å². The fourth-order valence-electron chi connectivity index (χ4n) is 5.30. The van der Waals surface area contributed by atoms with Crippen molar-refractivity contribution in [2.45, 2.75) is 72.9 Å². The molecule has 0 spiro atoms. The number of ether oxygens (including phenoxy) is 2. The molecular formula is C31H47N5O2. The third-order valence-corrected chi connectivity index (χ3v) is 7.26. The van der Waals surface area contributed by atoms with Gasteiger partial charge in [0.2, 0.25) is 5.95 Å². The van der Waals surface area contributed by atoms with E-state index < -0.39 is 0 Å². The molecule has 0 saturated heterocycles. The number of hydrogen-bond acceptors (Lipinski definition) is 7. The second-order valence-electron chi connectivity index (χ2n) is 10.2. The summed E-state index contributed by atoms with van der Waals surface area (Å²) in [4.78, 5) is 11.7. The lowest BCUT2D eigenvalue weighted by atomic mass is 9.84. The van der Waals surface area contributed by atoms with E-state index in [1.54, 1.807) is 0 Å². The van der Waals surface area contributed by atoms with Gasteiger partial charge in [-0.1, -0.05) is 25.6 Å². The van der Waals surface area contributed by atoms with Crippen LogP contribution in [0.2, 0.25) is 0 Å². The summed E-state index contributed by atoms with van der Waals surface area (Å²) in [5.74, 6) is 4.33. The molecule has 1 aliphatic carbocycles. The summed E-state index contributed by atoms with van der Waals surface area (Å²) in [6.07, 6.45) is 5.99. The van der Waals surface area contributed by atoms with Crippen LogP contribution in [0.1, 0.15) is 64.5 Å². The predicted octanol–water partition coefficient (Wildman–Crippen LogP) is 6.59. The van der Waals surface area contributed by atoms with Crippen LogP contribution in [0, 0.1) is 12.8 Å². The quantitative estimate of drug-likeness (QED) is 0.261. The van der Waals surface area contributed by atoms with E-state index in [1.165, 1.54) is 24.8 Å². The van der Waals surface area contributed by atoms with Gasteiger partial charge in [-0.05, 0) is 83.5 Å². The Kier molecular flexibility index (Phi) is 11.0. The Bertz CT molecular complexity index is 1160. The number of para-hydroxylation sites is 1. The number of hydrogen-bond donors (Lipinski definition) is 2. The van der Waals surface area contributed by atoms with E-state index in [1.807, 2.05) is 40.1 Å². The zero-order chi connectivity index (χ0) is 26.2. The van der Waals surface area contributed by atoms with Gasteiger partial charge in [0.25, 0.3) is 0 Å². The van der Waals surface area contributed by atoms with E-state index in [2.05, 4.69) is 46.7 Å². The fourth-order valence-corrected chi connectivity index (χ4v) is 5.30. The molecule has 0 aliphatic heterocycles. The first-order valence-corrected chi connectivity index (χ1v) is 13.8. The molecule has 2 aromatic carbocycles. The van der Waals surface area contributed by atoms with Gasteiger partial charge in [0.15, 0.2) is 0 Å². The van der Waals surface area contributed by atoms with Crippen molar-refractivity contribution in [2.75, 3.05) is 44.1 Å². The summed E-state index contributed by atoms with van der Waals surface area (Å²) in [7, 11) is 4.07. The molecule has 0 unspecified atom stereocenters. The Balaban J connectivity index is 0.00000400. The summed E-state index contributed by atoms with van der Waals surface area (Å²) in [5, 5.41) is 8.36. The van der Waals surface area contributed by atoms with Crippen molar-refractivity contribution in [2.24, 2.45) is 5.92 Å². The van der Waals surface area contributed by atoms with E-state index in [0.29, 0.717) is 19.3 Å². The van der Waals surface area contributed by atoms with Gasteiger partial charge in [-0.25, -0.2) is 4.98 Å². The van der Waals surface area contributed by atoms with Gasteiger partial charge < -0.3 is 25.0 Å². The molecule has 4 rings (SSSR count). The van der Waals surface area contributed by atoms with Gasteiger partial charge in [-0.15, -0.1) is 0 Å². The summed E-state index contributed by atoms with van der Waals surface area (Å²) in [5.41, 5.74) is 3.27. The first-order chi connectivity index (χ1) is 18.0. The van der Waals surface area contributed by atoms with Gasteiger partial charge >= 0.3 is 0 Å². The minimum atomic E-state index is 0. The van der Waals surface area contributed by atoms with Gasteiger partial charge in [-0.2, -0.15) is 4.98 Å². The van der Waals surface area contributed by atoms with Crippen LogP contribution in [0.5, 0.6) is 11.5 Å². The molecule has 1 fully saturated rings. The molecule has 1 aliphatic rings. The monoisotopic (exact) mass is 521 g/mol. The van der Waals surface area contributed by atoms with E-state index in [-0.39, 0.29) is 7.43 Å². The van der Waals surface area contributed by atoms with E-state index in [9.17, 15) is 0 Å². The summed E-state index contributed by atoms with van der Waals surface area (Å²) >= 11 is 0. The molecule has 0 atom stereocenters. The Morgan fingerprint density at radius 2 is 1.68 bits per heavy atom. The van der Waals surface area contributed by atoms with Crippen LogP contribution in [0.15, 0.2) is 36.4 Å². The van der Waals surface area contributed by atoms with Crippen LogP contribution < -0.4 is 25.0 Å². The number of anilines is 2. The maximum Gasteiger partial charge on any atom is 0.225 e. The van der Waals surface area contributed by atoms with Crippen molar-refractivity contribution in [1.29, 1.82) is 0 Å². The first-order valence-electron chi connectivity index (χ1n) is 13.8. The molecule has 0 bridgehead atoms. The predicted molar refractivity (Wildman–Crippen MR) is 160 cm³/mol. The molecule has 2 N–H and O–H groups in total. The summed E-state index contributed by atoms with van der Waals surface area (Å²) < 4.78 is 11.7. The third-order valence-electron chi connectivity index (χ3n) is 7.26. The SMILES string of the molecule is C.CCOc1ccc(CNCCC2CCC(Nc3nc(N(C)C)c4ccccc4n3)CC2)c(OCC)c1C. The number of nitrogens with zero attached hydrogens (tertiary/aromatic N) is 3. The van der Waals surface area contributed by atoms with Crippen molar-refractivity contribution in [1.82, 2.24) is 15.3 Å². The maximum absolute atomic E-state index is 5.97. The second-order valence-corrected chi connectivity index (χ2v) is 10.2.